The molecule has 0 N–H and O–H groups in total. The van der Waals surface area contributed by atoms with Crippen LogP contribution in [-0.4, -0.2) is 46.1 Å². The minimum atomic E-state index is -0.252. The van der Waals surface area contributed by atoms with Gasteiger partial charge in [-0.15, -0.1) is 10.2 Å². The number of benzene rings is 1. The molecular formula is C18H21N3O4S. The SMILES string of the molecule is C[C@H](Sc1nnc(-c2ccc3c(c2)OCO3)o1)C(=O)N1CCCCCC1. The molecule has 1 amide bonds. The predicted octanol–water partition coefficient (Wildman–Crippen LogP) is 3.35. The summed E-state index contributed by atoms with van der Waals surface area (Å²) in [5.41, 5.74) is 0.764. The number of carbonyl (C=O) groups excluding carboxylic acids is 1. The molecule has 0 saturated carbocycles. The first-order valence-corrected chi connectivity index (χ1v) is 9.77. The first-order chi connectivity index (χ1) is 12.7. The van der Waals surface area contributed by atoms with Gasteiger partial charge in [-0.25, -0.2) is 0 Å². The Kier molecular flexibility index (Phi) is 5.01. The number of aromatic nitrogens is 2. The Bertz CT molecular complexity index is 786. The second kappa shape index (κ2) is 7.57. The van der Waals surface area contributed by atoms with E-state index in [2.05, 4.69) is 10.2 Å². The molecule has 1 saturated heterocycles. The number of hydrogen-bond acceptors (Lipinski definition) is 7. The lowest BCUT2D eigenvalue weighted by atomic mass is 10.2. The van der Waals surface area contributed by atoms with E-state index in [-0.39, 0.29) is 18.0 Å². The van der Waals surface area contributed by atoms with Gasteiger partial charge in [-0.2, -0.15) is 0 Å². The van der Waals surface area contributed by atoms with E-state index in [9.17, 15) is 4.79 Å². The van der Waals surface area contributed by atoms with Gasteiger partial charge in [-0.1, -0.05) is 24.6 Å². The van der Waals surface area contributed by atoms with Gasteiger partial charge in [-0.3, -0.25) is 4.79 Å². The Morgan fingerprint density at radius 2 is 1.88 bits per heavy atom. The summed E-state index contributed by atoms with van der Waals surface area (Å²) in [6.07, 6.45) is 4.57. The summed E-state index contributed by atoms with van der Waals surface area (Å²) in [5, 5.41) is 8.31. The largest absolute Gasteiger partial charge is 0.454 e. The number of nitrogens with zero attached hydrogens (tertiary/aromatic N) is 3. The second-order valence-corrected chi connectivity index (χ2v) is 7.73. The van der Waals surface area contributed by atoms with Crippen molar-refractivity contribution in [2.75, 3.05) is 19.9 Å². The van der Waals surface area contributed by atoms with Crippen molar-refractivity contribution in [2.24, 2.45) is 0 Å². The van der Waals surface area contributed by atoms with Crippen LogP contribution in [0.2, 0.25) is 0 Å². The zero-order chi connectivity index (χ0) is 17.9. The van der Waals surface area contributed by atoms with Crippen molar-refractivity contribution >= 4 is 17.7 Å². The Morgan fingerprint density at radius 1 is 1.12 bits per heavy atom. The van der Waals surface area contributed by atoms with Crippen molar-refractivity contribution in [3.05, 3.63) is 18.2 Å². The maximum absolute atomic E-state index is 12.6. The first kappa shape index (κ1) is 17.2. The normalized spacial score (nSPS) is 17.8. The molecule has 1 fully saturated rings. The van der Waals surface area contributed by atoms with Gasteiger partial charge >= 0.3 is 0 Å². The van der Waals surface area contributed by atoms with Crippen LogP contribution in [0, 0.1) is 0 Å². The predicted molar refractivity (Wildman–Crippen MR) is 96.2 cm³/mol. The van der Waals surface area contributed by atoms with Crippen LogP contribution in [0.5, 0.6) is 11.5 Å². The number of ether oxygens (including phenoxy) is 2. The molecular weight excluding hydrogens is 354 g/mol. The average molecular weight is 375 g/mol. The Balaban J connectivity index is 1.42. The van der Waals surface area contributed by atoms with Crippen molar-refractivity contribution in [1.29, 1.82) is 0 Å². The third kappa shape index (κ3) is 3.65. The summed E-state index contributed by atoms with van der Waals surface area (Å²) >= 11 is 1.31. The third-order valence-electron chi connectivity index (χ3n) is 4.57. The zero-order valence-corrected chi connectivity index (χ0v) is 15.5. The van der Waals surface area contributed by atoms with Crippen LogP contribution in [-0.2, 0) is 4.79 Å². The summed E-state index contributed by atoms with van der Waals surface area (Å²) in [5.74, 6) is 1.92. The van der Waals surface area contributed by atoms with Crippen LogP contribution in [0.25, 0.3) is 11.5 Å². The molecule has 8 heteroatoms. The van der Waals surface area contributed by atoms with E-state index < -0.39 is 0 Å². The third-order valence-corrected chi connectivity index (χ3v) is 5.49. The molecule has 0 spiro atoms. The average Bonchev–Trinajstić information content (AvgIpc) is 3.22. The molecule has 3 heterocycles. The molecule has 0 radical (unpaired) electrons. The standard InChI is InChI=1S/C18H21N3O4S/c1-12(17(22)21-8-4-2-3-5-9-21)26-18-20-19-16(25-18)13-6-7-14-15(10-13)24-11-23-14/h6-7,10,12H,2-5,8-9,11H2,1H3/t12-/m0/s1. The van der Waals surface area contributed by atoms with E-state index in [1.54, 1.807) is 0 Å². The maximum atomic E-state index is 12.6. The van der Waals surface area contributed by atoms with E-state index in [4.69, 9.17) is 13.9 Å². The van der Waals surface area contributed by atoms with Gasteiger partial charge in [0.25, 0.3) is 5.22 Å². The summed E-state index contributed by atoms with van der Waals surface area (Å²) in [7, 11) is 0. The van der Waals surface area contributed by atoms with E-state index in [0.29, 0.717) is 22.6 Å². The van der Waals surface area contributed by atoms with Gasteiger partial charge in [0.05, 0.1) is 5.25 Å². The van der Waals surface area contributed by atoms with Crippen molar-refractivity contribution in [3.63, 3.8) is 0 Å². The molecule has 4 rings (SSSR count). The van der Waals surface area contributed by atoms with Gasteiger partial charge < -0.3 is 18.8 Å². The monoisotopic (exact) mass is 375 g/mol. The Morgan fingerprint density at radius 3 is 2.69 bits per heavy atom. The van der Waals surface area contributed by atoms with Crippen molar-refractivity contribution in [1.82, 2.24) is 15.1 Å². The summed E-state index contributed by atoms with van der Waals surface area (Å²) in [6, 6.07) is 5.48. The molecule has 2 aliphatic heterocycles. The minimum Gasteiger partial charge on any atom is -0.454 e. The maximum Gasteiger partial charge on any atom is 0.277 e. The molecule has 1 aromatic heterocycles. The van der Waals surface area contributed by atoms with Gasteiger partial charge in [0.1, 0.15) is 0 Å². The number of thioether (sulfide) groups is 1. The smallest absolute Gasteiger partial charge is 0.277 e. The van der Waals surface area contributed by atoms with Crippen molar-refractivity contribution in [3.8, 4) is 23.0 Å². The molecule has 138 valence electrons. The lowest BCUT2D eigenvalue weighted by molar-refractivity contribution is -0.130. The van der Waals surface area contributed by atoms with Crippen LogP contribution in [0.4, 0.5) is 0 Å². The van der Waals surface area contributed by atoms with Crippen LogP contribution in [0.3, 0.4) is 0 Å². The zero-order valence-electron chi connectivity index (χ0n) is 14.6. The number of carbonyl (C=O) groups is 1. The van der Waals surface area contributed by atoms with Crippen LogP contribution < -0.4 is 9.47 Å². The number of fused-ring (bicyclic) bond motifs is 1. The molecule has 2 aromatic rings. The summed E-state index contributed by atoms with van der Waals surface area (Å²) < 4.78 is 16.4. The molecule has 0 unspecified atom stereocenters. The Hall–Kier alpha value is -2.22. The van der Waals surface area contributed by atoms with Gasteiger partial charge in [0.15, 0.2) is 11.5 Å². The van der Waals surface area contributed by atoms with Gasteiger partial charge in [0.2, 0.25) is 18.6 Å². The second-order valence-electron chi connectivity index (χ2n) is 6.44. The Labute approximate surface area is 156 Å². The van der Waals surface area contributed by atoms with E-state index >= 15 is 0 Å². The van der Waals surface area contributed by atoms with Crippen molar-refractivity contribution < 1.29 is 18.7 Å². The summed E-state index contributed by atoms with van der Waals surface area (Å²) in [6.45, 7) is 3.80. The van der Waals surface area contributed by atoms with E-state index in [1.165, 1.54) is 24.6 Å². The molecule has 7 nitrogen and oxygen atoms in total. The van der Waals surface area contributed by atoms with E-state index in [0.717, 1.165) is 31.5 Å². The van der Waals surface area contributed by atoms with Gasteiger partial charge in [-0.05, 0) is 38.0 Å². The fraction of sp³-hybridized carbons (Fsp3) is 0.500. The molecule has 2 aliphatic rings. The molecule has 26 heavy (non-hydrogen) atoms. The van der Waals surface area contributed by atoms with Gasteiger partial charge in [0, 0.05) is 18.7 Å². The molecule has 0 bridgehead atoms. The number of hydrogen-bond donors (Lipinski definition) is 0. The van der Waals surface area contributed by atoms with Crippen LogP contribution in [0.15, 0.2) is 27.8 Å². The number of rotatable bonds is 4. The van der Waals surface area contributed by atoms with Crippen LogP contribution in [0.1, 0.15) is 32.6 Å². The lowest BCUT2D eigenvalue weighted by Gasteiger charge is -2.23. The highest BCUT2D eigenvalue weighted by molar-refractivity contribution is 8.00. The van der Waals surface area contributed by atoms with Crippen LogP contribution >= 0.6 is 11.8 Å². The highest BCUT2D eigenvalue weighted by atomic mass is 32.2. The summed E-state index contributed by atoms with van der Waals surface area (Å²) in [4.78, 5) is 14.6. The fourth-order valence-electron chi connectivity index (χ4n) is 3.15. The highest BCUT2D eigenvalue weighted by Gasteiger charge is 2.24. The molecule has 1 atom stereocenters. The van der Waals surface area contributed by atoms with Crippen molar-refractivity contribution in [2.45, 2.75) is 43.1 Å². The highest BCUT2D eigenvalue weighted by Crippen LogP contribution is 2.36. The number of amides is 1. The quantitative estimate of drug-likeness (QED) is 0.758. The molecule has 1 aromatic carbocycles. The topological polar surface area (TPSA) is 77.7 Å². The fourth-order valence-corrected chi connectivity index (χ4v) is 3.92. The molecule has 0 aliphatic carbocycles. The minimum absolute atomic E-state index is 0.139. The lowest BCUT2D eigenvalue weighted by Crippen LogP contribution is -2.37. The first-order valence-electron chi connectivity index (χ1n) is 8.90. The van der Waals surface area contributed by atoms with E-state index in [1.807, 2.05) is 30.0 Å². The number of likely N-dealkylation sites (tertiary alicyclic amines) is 1.